The highest BCUT2D eigenvalue weighted by molar-refractivity contribution is 5.69. The molecule has 0 aliphatic heterocycles. The molecular weight excluding hydrogens is 436 g/mol. The van der Waals surface area contributed by atoms with Crippen LogP contribution >= 0.6 is 0 Å². The van der Waals surface area contributed by atoms with E-state index in [2.05, 4.69) is 19.1 Å². The Balaban J connectivity index is 3.18. The van der Waals surface area contributed by atoms with E-state index < -0.39 is 5.97 Å². The van der Waals surface area contributed by atoms with Crippen molar-refractivity contribution in [1.29, 1.82) is 0 Å². The highest BCUT2D eigenvalue weighted by Gasteiger charge is 2.02. The SMILES string of the molecule is CCCC/C=C\CCCCCCCC(=O)OCCCCCCCCCCCCCCCCC(=O)O. The monoisotopic (exact) mass is 494 g/mol. The molecule has 0 spiro atoms. The smallest absolute Gasteiger partial charge is 0.305 e. The van der Waals surface area contributed by atoms with Crippen LogP contribution in [0.15, 0.2) is 12.2 Å². The van der Waals surface area contributed by atoms with Gasteiger partial charge in [0.2, 0.25) is 0 Å². The zero-order valence-corrected chi connectivity index (χ0v) is 23.2. The maximum Gasteiger partial charge on any atom is 0.305 e. The molecule has 0 rings (SSSR count). The molecule has 0 bridgehead atoms. The maximum atomic E-state index is 11.8. The van der Waals surface area contributed by atoms with Crippen molar-refractivity contribution in [2.75, 3.05) is 6.61 Å². The Morgan fingerprint density at radius 1 is 0.543 bits per heavy atom. The quantitative estimate of drug-likeness (QED) is 0.0667. The standard InChI is InChI=1S/C31H58O4/c1-2-3-4-5-6-7-12-16-19-22-25-28-31(34)35-29-26-23-20-17-14-11-9-8-10-13-15-18-21-24-27-30(32)33/h5-6H,2-4,7-29H2,1H3,(H,32,33)/b6-5-. The summed E-state index contributed by atoms with van der Waals surface area (Å²) < 4.78 is 5.38. The highest BCUT2D eigenvalue weighted by atomic mass is 16.5. The fourth-order valence-electron chi connectivity index (χ4n) is 4.38. The molecule has 0 atom stereocenters. The lowest BCUT2D eigenvalue weighted by Crippen LogP contribution is -2.05. The van der Waals surface area contributed by atoms with Crippen LogP contribution in [0.2, 0.25) is 0 Å². The van der Waals surface area contributed by atoms with Crippen LogP contribution in [0.25, 0.3) is 0 Å². The Morgan fingerprint density at radius 2 is 0.943 bits per heavy atom. The van der Waals surface area contributed by atoms with Crippen molar-refractivity contribution in [3.8, 4) is 0 Å². The molecule has 0 amide bonds. The van der Waals surface area contributed by atoms with Crippen molar-refractivity contribution in [1.82, 2.24) is 0 Å². The summed E-state index contributed by atoms with van der Waals surface area (Å²) in [5, 5.41) is 8.61. The summed E-state index contributed by atoms with van der Waals surface area (Å²) in [6.07, 6.45) is 33.4. The van der Waals surface area contributed by atoms with Gasteiger partial charge in [0.15, 0.2) is 0 Å². The molecule has 0 saturated carbocycles. The molecule has 0 aromatic heterocycles. The van der Waals surface area contributed by atoms with Crippen molar-refractivity contribution in [2.45, 2.75) is 167 Å². The van der Waals surface area contributed by atoms with Gasteiger partial charge < -0.3 is 9.84 Å². The summed E-state index contributed by atoms with van der Waals surface area (Å²) in [4.78, 5) is 22.3. The fourth-order valence-corrected chi connectivity index (χ4v) is 4.38. The first-order chi connectivity index (χ1) is 17.2. The van der Waals surface area contributed by atoms with E-state index in [0.29, 0.717) is 19.4 Å². The minimum atomic E-state index is -0.669. The van der Waals surface area contributed by atoms with Crippen LogP contribution in [0.4, 0.5) is 0 Å². The lowest BCUT2D eigenvalue weighted by Gasteiger charge is -2.05. The summed E-state index contributed by atoms with van der Waals surface area (Å²) in [6, 6.07) is 0. The molecule has 35 heavy (non-hydrogen) atoms. The number of carboxylic acids is 1. The average molecular weight is 495 g/mol. The number of carbonyl (C=O) groups is 2. The van der Waals surface area contributed by atoms with Crippen LogP contribution in [0.1, 0.15) is 167 Å². The molecule has 0 aliphatic carbocycles. The van der Waals surface area contributed by atoms with Crippen molar-refractivity contribution in [3.63, 3.8) is 0 Å². The number of carbonyl (C=O) groups excluding carboxylic acids is 1. The van der Waals surface area contributed by atoms with E-state index in [-0.39, 0.29) is 5.97 Å². The van der Waals surface area contributed by atoms with E-state index >= 15 is 0 Å². The number of ether oxygens (including phenoxy) is 1. The maximum absolute atomic E-state index is 11.8. The third-order valence-electron chi connectivity index (χ3n) is 6.69. The number of aliphatic carboxylic acids is 1. The summed E-state index contributed by atoms with van der Waals surface area (Å²) in [6.45, 7) is 2.83. The van der Waals surface area contributed by atoms with Gasteiger partial charge in [0.25, 0.3) is 0 Å². The Bertz CT molecular complexity index is 486. The van der Waals surface area contributed by atoms with Crippen LogP contribution in [-0.2, 0) is 14.3 Å². The lowest BCUT2D eigenvalue weighted by molar-refractivity contribution is -0.144. The average Bonchev–Trinajstić information content (AvgIpc) is 2.84. The van der Waals surface area contributed by atoms with Crippen LogP contribution < -0.4 is 0 Å². The molecule has 1 N–H and O–H groups in total. The van der Waals surface area contributed by atoms with Crippen LogP contribution in [0, 0.1) is 0 Å². The molecule has 0 unspecified atom stereocenters. The van der Waals surface area contributed by atoms with E-state index in [9.17, 15) is 9.59 Å². The minimum absolute atomic E-state index is 0.0101. The second-order valence-electron chi connectivity index (χ2n) is 10.2. The van der Waals surface area contributed by atoms with E-state index in [1.165, 1.54) is 116 Å². The first-order valence-electron chi connectivity index (χ1n) is 15.2. The molecule has 0 heterocycles. The van der Waals surface area contributed by atoms with Crippen molar-refractivity contribution in [2.24, 2.45) is 0 Å². The first-order valence-corrected chi connectivity index (χ1v) is 15.2. The number of unbranched alkanes of at least 4 members (excludes halogenated alkanes) is 20. The second kappa shape index (κ2) is 28.9. The van der Waals surface area contributed by atoms with Gasteiger partial charge in [-0.3, -0.25) is 9.59 Å². The Kier molecular flexibility index (Phi) is 27.8. The third kappa shape index (κ3) is 30.6. The molecule has 0 fully saturated rings. The molecule has 0 aromatic rings. The van der Waals surface area contributed by atoms with Gasteiger partial charge in [-0.05, 0) is 38.5 Å². The summed E-state index contributed by atoms with van der Waals surface area (Å²) in [7, 11) is 0. The van der Waals surface area contributed by atoms with E-state index in [1.807, 2.05) is 0 Å². The van der Waals surface area contributed by atoms with Gasteiger partial charge in [0.1, 0.15) is 0 Å². The molecular formula is C31H58O4. The Morgan fingerprint density at radius 3 is 1.43 bits per heavy atom. The molecule has 0 saturated heterocycles. The fraction of sp³-hybridized carbons (Fsp3) is 0.871. The molecule has 0 radical (unpaired) electrons. The summed E-state index contributed by atoms with van der Waals surface area (Å²) in [5.41, 5.74) is 0. The van der Waals surface area contributed by atoms with Gasteiger partial charge in [-0.25, -0.2) is 0 Å². The first kappa shape index (κ1) is 33.7. The number of esters is 1. The van der Waals surface area contributed by atoms with Crippen molar-refractivity contribution in [3.05, 3.63) is 12.2 Å². The largest absolute Gasteiger partial charge is 0.481 e. The number of hydrogen-bond donors (Lipinski definition) is 1. The summed E-state index contributed by atoms with van der Waals surface area (Å²) >= 11 is 0. The highest BCUT2D eigenvalue weighted by Crippen LogP contribution is 2.14. The number of rotatable bonds is 28. The Hall–Kier alpha value is -1.32. The van der Waals surface area contributed by atoms with E-state index in [4.69, 9.17) is 9.84 Å². The van der Waals surface area contributed by atoms with Crippen LogP contribution in [0.3, 0.4) is 0 Å². The molecule has 0 aliphatic rings. The number of carboxylic acid groups (broad SMARTS) is 1. The molecule has 206 valence electrons. The predicted octanol–water partition coefficient (Wildman–Crippen LogP) is 9.94. The van der Waals surface area contributed by atoms with Crippen LogP contribution in [0.5, 0.6) is 0 Å². The molecule has 0 aromatic carbocycles. The predicted molar refractivity (Wildman–Crippen MR) is 149 cm³/mol. The topological polar surface area (TPSA) is 63.6 Å². The van der Waals surface area contributed by atoms with Crippen LogP contribution in [-0.4, -0.2) is 23.7 Å². The van der Waals surface area contributed by atoms with Crippen molar-refractivity contribution < 1.29 is 19.4 Å². The van der Waals surface area contributed by atoms with Gasteiger partial charge in [-0.1, -0.05) is 128 Å². The minimum Gasteiger partial charge on any atom is -0.481 e. The van der Waals surface area contributed by atoms with Gasteiger partial charge >= 0.3 is 11.9 Å². The third-order valence-corrected chi connectivity index (χ3v) is 6.69. The van der Waals surface area contributed by atoms with Gasteiger partial charge in [0, 0.05) is 12.8 Å². The van der Waals surface area contributed by atoms with Gasteiger partial charge in [0.05, 0.1) is 6.61 Å². The zero-order chi connectivity index (χ0) is 25.7. The number of allylic oxidation sites excluding steroid dienone is 2. The van der Waals surface area contributed by atoms with E-state index in [1.54, 1.807) is 0 Å². The zero-order valence-electron chi connectivity index (χ0n) is 23.2. The van der Waals surface area contributed by atoms with Gasteiger partial charge in [-0.15, -0.1) is 0 Å². The number of hydrogen-bond acceptors (Lipinski definition) is 3. The van der Waals surface area contributed by atoms with Gasteiger partial charge in [-0.2, -0.15) is 0 Å². The van der Waals surface area contributed by atoms with E-state index in [0.717, 1.165) is 32.1 Å². The van der Waals surface area contributed by atoms with Crippen molar-refractivity contribution >= 4 is 11.9 Å². The molecule has 4 heteroatoms. The Labute approximate surface area is 217 Å². The normalized spacial score (nSPS) is 11.3. The summed E-state index contributed by atoms with van der Waals surface area (Å²) in [5.74, 6) is -0.679. The molecule has 4 nitrogen and oxygen atoms in total. The lowest BCUT2D eigenvalue weighted by atomic mass is 10.0. The second-order valence-corrected chi connectivity index (χ2v) is 10.2.